The van der Waals surface area contributed by atoms with E-state index in [-0.39, 0.29) is 32.4 Å². The van der Waals surface area contributed by atoms with Gasteiger partial charge in [-0.2, -0.15) is 0 Å². The van der Waals surface area contributed by atoms with Gasteiger partial charge in [0.25, 0.3) is 0 Å². The maximum Gasteiger partial charge on any atom is 0.303 e. The first-order chi connectivity index (χ1) is 47.9. The van der Waals surface area contributed by atoms with Gasteiger partial charge < -0.3 is 114 Å². The predicted molar refractivity (Wildman–Crippen MR) is 338 cm³/mol. The molecular formula is C63H95N9O30. The summed E-state index contributed by atoms with van der Waals surface area (Å²) in [5.74, 6) is -13.7. The molecule has 5 rings (SSSR count). The second-order valence-corrected chi connectivity index (χ2v) is 24.9. The van der Waals surface area contributed by atoms with Gasteiger partial charge in [0.1, 0.15) is 92.1 Å². The highest BCUT2D eigenvalue weighted by Gasteiger charge is 2.58. The SMILES string of the molecule is CCC(NC(C)=O)C(=O)NC(C(=O)NC(C)C(=O)N1CCCC1C(=O)N1CCCC1C(=O)NC(C)C(=O)NC)C(C)O[C@H]1OC(CO[C@@H]2OC(COC(C)=O)[C@@H](OC(C)=O)[C@H](OC(C)=O)C2NC(C)=O)[C@H](O)[C@H](O[C@@H]2OC(COC(C)=O)[C@H](OC(C)=O)[C@H](OC(C)=O)C2OC(C)=O)C1NC(C)=O. The molecule has 39 nitrogen and oxygen atoms in total. The van der Waals surface area contributed by atoms with Crippen molar-refractivity contribution in [3.63, 3.8) is 0 Å². The molecule has 5 aliphatic heterocycles. The smallest absolute Gasteiger partial charge is 0.303 e. The fraction of sp³-hybridized carbons (Fsp3) is 0.746. The van der Waals surface area contributed by atoms with Crippen molar-refractivity contribution < 1.29 is 143 Å². The number of carbonyl (C=O) groups excluding carboxylic acids is 16. The summed E-state index contributed by atoms with van der Waals surface area (Å²) in [4.78, 5) is 214. The third kappa shape index (κ3) is 23.4. The zero-order valence-corrected chi connectivity index (χ0v) is 59.5. The van der Waals surface area contributed by atoms with Crippen molar-refractivity contribution in [3.8, 4) is 0 Å². The lowest BCUT2D eigenvalue weighted by Gasteiger charge is -2.49. The van der Waals surface area contributed by atoms with E-state index in [1.807, 2.05) is 0 Å². The highest BCUT2D eigenvalue weighted by atomic mass is 16.8. The summed E-state index contributed by atoms with van der Waals surface area (Å²) in [5.41, 5.74) is 0. The normalized spacial score (nSPS) is 29.0. The van der Waals surface area contributed by atoms with Crippen molar-refractivity contribution in [2.24, 2.45) is 0 Å². The van der Waals surface area contributed by atoms with E-state index in [9.17, 15) is 77.0 Å². The molecule has 39 heteroatoms. The number of carbonyl (C=O) groups is 16. The zero-order chi connectivity index (χ0) is 76.3. The van der Waals surface area contributed by atoms with E-state index in [4.69, 9.17) is 61.6 Å². The van der Waals surface area contributed by atoms with E-state index < -0.39 is 249 Å². The number of aliphatic hydroxyl groups excluding tert-OH is 1. The van der Waals surface area contributed by atoms with Gasteiger partial charge in [0.05, 0.1) is 12.7 Å². The predicted octanol–water partition coefficient (Wildman–Crippen LogP) is -4.74. The Kier molecular flexibility index (Phi) is 31.7. The molecule has 0 bridgehead atoms. The maximum atomic E-state index is 15.1. The summed E-state index contributed by atoms with van der Waals surface area (Å²) in [5, 5.41) is 30.5. The number of nitrogens with one attached hydrogen (secondary N) is 7. The monoisotopic (exact) mass is 1460 g/mol. The Morgan fingerprint density at radius 2 is 0.961 bits per heavy atom. The van der Waals surface area contributed by atoms with Gasteiger partial charge in [-0.15, -0.1) is 0 Å². The van der Waals surface area contributed by atoms with Crippen molar-refractivity contribution in [1.29, 1.82) is 0 Å². The molecule has 0 aromatic rings. The van der Waals surface area contributed by atoms with Gasteiger partial charge in [0, 0.05) is 89.4 Å². The summed E-state index contributed by atoms with van der Waals surface area (Å²) in [6.45, 7) is 13.3. The van der Waals surface area contributed by atoms with E-state index in [0.717, 1.165) is 69.2 Å². The minimum absolute atomic E-state index is 0.0285. The van der Waals surface area contributed by atoms with Gasteiger partial charge in [-0.05, 0) is 52.9 Å². The molecule has 22 atom stereocenters. The van der Waals surface area contributed by atoms with E-state index in [1.54, 1.807) is 0 Å². The highest BCUT2D eigenvalue weighted by Crippen LogP contribution is 2.36. The van der Waals surface area contributed by atoms with Crippen LogP contribution in [0.2, 0.25) is 0 Å². The Morgan fingerprint density at radius 3 is 1.47 bits per heavy atom. The molecule has 572 valence electrons. The van der Waals surface area contributed by atoms with Gasteiger partial charge >= 0.3 is 41.8 Å². The summed E-state index contributed by atoms with van der Waals surface area (Å²) in [6.07, 6.45) is -25.1. The molecule has 5 aliphatic rings. The number of hydrogen-bond acceptors (Lipinski definition) is 30. The van der Waals surface area contributed by atoms with Gasteiger partial charge in [-0.25, -0.2) is 0 Å². The molecule has 8 N–H and O–H groups in total. The van der Waals surface area contributed by atoms with E-state index in [2.05, 4.69) is 37.2 Å². The third-order valence-electron chi connectivity index (χ3n) is 16.7. The third-order valence-corrected chi connectivity index (χ3v) is 16.7. The van der Waals surface area contributed by atoms with E-state index in [0.29, 0.717) is 12.8 Å². The Bertz CT molecular complexity index is 3090. The Hall–Kier alpha value is -8.76. The van der Waals surface area contributed by atoms with Crippen LogP contribution < -0.4 is 37.2 Å². The lowest BCUT2D eigenvalue weighted by molar-refractivity contribution is -0.353. The van der Waals surface area contributed by atoms with Crippen LogP contribution in [-0.2, 0) is 138 Å². The molecule has 0 aromatic heterocycles. The zero-order valence-electron chi connectivity index (χ0n) is 59.5. The first-order valence-electron chi connectivity index (χ1n) is 33.1. The van der Waals surface area contributed by atoms with Crippen LogP contribution in [0.5, 0.6) is 0 Å². The molecule has 0 radical (unpaired) electrons. The number of hydrogen-bond donors (Lipinski definition) is 8. The van der Waals surface area contributed by atoms with Crippen LogP contribution in [0, 0.1) is 0 Å². The molecule has 102 heavy (non-hydrogen) atoms. The number of aliphatic hydroxyl groups is 1. The first kappa shape index (κ1) is 83.9. The summed E-state index contributed by atoms with van der Waals surface area (Å²) in [6, 6.07) is -11.3. The minimum atomic E-state index is -2.21. The number of amides is 9. The van der Waals surface area contributed by atoms with Crippen LogP contribution in [-0.4, -0.2) is 284 Å². The number of nitrogens with zero attached hydrogens (tertiary/aromatic N) is 2. The summed E-state index contributed by atoms with van der Waals surface area (Å²) in [7, 11) is 1.40. The van der Waals surface area contributed by atoms with Crippen LogP contribution >= 0.6 is 0 Å². The number of ether oxygens (including phenoxy) is 13. The minimum Gasteiger partial charge on any atom is -0.463 e. The average Bonchev–Trinajstić information content (AvgIpc) is 0.968. The van der Waals surface area contributed by atoms with Crippen LogP contribution in [0.4, 0.5) is 0 Å². The number of rotatable bonds is 30. The number of likely N-dealkylation sites (N-methyl/N-ethyl adjacent to an activating group) is 1. The Morgan fingerprint density at radius 1 is 0.480 bits per heavy atom. The number of likely N-dealkylation sites (tertiary alicyclic amines) is 2. The largest absolute Gasteiger partial charge is 0.463 e. The van der Waals surface area contributed by atoms with Gasteiger partial charge in [0.2, 0.25) is 53.2 Å². The summed E-state index contributed by atoms with van der Waals surface area (Å²) < 4.78 is 76.7. The molecule has 0 aromatic carbocycles. The van der Waals surface area contributed by atoms with Gasteiger partial charge in [-0.1, -0.05) is 6.92 Å². The van der Waals surface area contributed by atoms with Crippen molar-refractivity contribution in [3.05, 3.63) is 0 Å². The molecular weight excluding hydrogens is 1360 g/mol. The summed E-state index contributed by atoms with van der Waals surface area (Å²) >= 11 is 0. The van der Waals surface area contributed by atoms with Crippen LogP contribution in [0.1, 0.15) is 129 Å². The quantitative estimate of drug-likeness (QED) is 0.0247. The lowest BCUT2D eigenvalue weighted by Crippen LogP contribution is -2.70. The van der Waals surface area contributed by atoms with Crippen molar-refractivity contribution in [2.45, 2.75) is 263 Å². The van der Waals surface area contributed by atoms with Crippen LogP contribution in [0.3, 0.4) is 0 Å². The molecule has 0 aliphatic carbocycles. The van der Waals surface area contributed by atoms with Crippen molar-refractivity contribution in [2.75, 3.05) is 40.0 Å². The molecule has 13 unspecified atom stereocenters. The molecule has 0 spiro atoms. The standard InChI is InChI=1S/C63H95N9O30/c1-16-39(67-29(5)73)56(85)70-45(58(87)66-27(3)59(88)72-22-18-20-41(72)60(89)71-21-17-19-40(71)57(86)65-26(2)55(84)64-15)28(4)93-62-46(68-30(6)74)51(102-63-54(98-38(14)82)53(97-37(13)81)50(95-35(11)79)44(101-63)25-91-33(9)77)48(83)42(99-62)23-92-61-47(69-31(7)75)52(96-36(12)80)49(94-34(10)78)43(100-61)24-90-32(8)76/h26-28,39-54,61-63,83H,16-25H2,1-15H3,(H,64,84)(H,65,86)(H,66,87)(H,67,73)(H,68,74)(H,69,75)(H,70,85)/t26?,27?,28?,39?,40?,41?,42?,43?,44?,45?,46?,47?,48-,49+,50-,51+,52+,53-,54?,61+,62-,63-/m0/s1. The lowest BCUT2D eigenvalue weighted by atomic mass is 9.94. The van der Waals surface area contributed by atoms with E-state index in [1.165, 1.54) is 44.5 Å². The first-order valence-corrected chi connectivity index (χ1v) is 33.1. The van der Waals surface area contributed by atoms with Gasteiger partial charge in [-0.3, -0.25) is 76.7 Å². The molecule has 5 saturated heterocycles. The molecule has 0 saturated carbocycles. The Labute approximate surface area is 587 Å². The fourth-order valence-corrected chi connectivity index (χ4v) is 12.3. The molecule has 5 fully saturated rings. The number of esters is 7. The fourth-order valence-electron chi connectivity index (χ4n) is 12.3. The Balaban J connectivity index is 1.64. The van der Waals surface area contributed by atoms with Crippen LogP contribution in [0.15, 0.2) is 0 Å². The average molecular weight is 1460 g/mol. The maximum absolute atomic E-state index is 15.1. The van der Waals surface area contributed by atoms with Crippen molar-refractivity contribution in [1.82, 2.24) is 47.0 Å². The second kappa shape index (κ2) is 38.5. The van der Waals surface area contributed by atoms with E-state index >= 15 is 4.79 Å². The molecule has 9 amide bonds. The van der Waals surface area contributed by atoms with Gasteiger partial charge in [0.15, 0.2) is 49.4 Å². The van der Waals surface area contributed by atoms with Crippen LogP contribution in [0.25, 0.3) is 0 Å². The topological polar surface area (TPSA) is 504 Å². The highest BCUT2D eigenvalue weighted by molar-refractivity contribution is 5.97. The molecule has 5 heterocycles. The van der Waals surface area contributed by atoms with Crippen molar-refractivity contribution >= 4 is 94.9 Å². The second-order valence-electron chi connectivity index (χ2n) is 24.9.